The molecule has 1 aliphatic rings. The van der Waals surface area contributed by atoms with Crippen molar-refractivity contribution < 1.29 is 14.3 Å². The van der Waals surface area contributed by atoms with Crippen LogP contribution in [-0.4, -0.2) is 59.2 Å². The Morgan fingerprint density at radius 2 is 1.78 bits per heavy atom. The monoisotopic (exact) mass is 440 g/mol. The minimum absolute atomic E-state index is 0.0270. The number of nitrogens with one attached hydrogen (secondary N) is 1. The molecule has 7 heteroatoms. The van der Waals surface area contributed by atoms with E-state index >= 15 is 0 Å². The second-order valence-electron chi connectivity index (χ2n) is 8.54. The van der Waals surface area contributed by atoms with E-state index in [4.69, 9.17) is 4.74 Å². The zero-order chi connectivity index (χ0) is 22.8. The van der Waals surface area contributed by atoms with Crippen LogP contribution in [0, 0.1) is 0 Å². The van der Waals surface area contributed by atoms with Gasteiger partial charge in [0.15, 0.2) is 0 Å². The fourth-order valence-electron chi connectivity index (χ4n) is 4.12. The van der Waals surface area contributed by atoms with E-state index in [0.717, 1.165) is 36.9 Å². The van der Waals surface area contributed by atoms with Crippen molar-refractivity contribution in [3.05, 3.63) is 59.9 Å². The average molecular weight is 441 g/mol. The van der Waals surface area contributed by atoms with Crippen molar-refractivity contribution in [1.29, 1.82) is 0 Å². The van der Waals surface area contributed by atoms with Crippen molar-refractivity contribution in [3.63, 3.8) is 0 Å². The van der Waals surface area contributed by atoms with Crippen LogP contribution in [-0.2, 0) is 29.7 Å². The van der Waals surface area contributed by atoms with Crippen molar-refractivity contribution in [1.82, 2.24) is 19.7 Å². The Kier molecular flexibility index (Phi) is 9.16. The topological polar surface area (TPSA) is 66.8 Å². The molecule has 0 radical (unpaired) electrons. The zero-order valence-electron chi connectivity index (χ0n) is 19.3. The number of aromatic nitrogens is 1. The lowest BCUT2D eigenvalue weighted by atomic mass is 9.96. The van der Waals surface area contributed by atoms with Crippen LogP contribution in [0.15, 0.2) is 48.7 Å². The number of methoxy groups -OCH3 is 1. The third-order valence-corrected chi connectivity index (χ3v) is 6.08. The molecule has 0 bridgehead atoms. The Balaban J connectivity index is 1.70. The first-order valence-corrected chi connectivity index (χ1v) is 11.5. The summed E-state index contributed by atoms with van der Waals surface area (Å²) in [4.78, 5) is 29.8. The smallest absolute Gasteiger partial charge is 0.318 e. The number of hydrogen-bond donors (Lipinski definition) is 1. The van der Waals surface area contributed by atoms with Crippen molar-refractivity contribution >= 4 is 11.9 Å². The molecule has 0 unspecified atom stereocenters. The second kappa shape index (κ2) is 12.3. The van der Waals surface area contributed by atoms with Gasteiger partial charge >= 0.3 is 6.03 Å². The minimum Gasteiger partial charge on any atom is -0.383 e. The number of benzene rings is 1. The number of urea groups is 1. The van der Waals surface area contributed by atoms with Gasteiger partial charge in [0, 0.05) is 45.2 Å². The maximum Gasteiger partial charge on any atom is 0.318 e. The minimum atomic E-state index is -0.180. The van der Waals surface area contributed by atoms with Gasteiger partial charge in [-0.2, -0.15) is 0 Å². The number of aryl methyl sites for hydroxylation is 1. The van der Waals surface area contributed by atoms with Crippen molar-refractivity contribution in [2.24, 2.45) is 7.05 Å². The van der Waals surface area contributed by atoms with Crippen LogP contribution in [0.1, 0.15) is 43.4 Å². The highest BCUT2D eigenvalue weighted by Gasteiger charge is 2.24. The number of rotatable bonds is 10. The quantitative estimate of drug-likeness (QED) is 0.614. The summed E-state index contributed by atoms with van der Waals surface area (Å²) in [6, 6.07) is 14.0. The molecule has 3 amide bonds. The summed E-state index contributed by atoms with van der Waals surface area (Å²) in [7, 11) is 3.58. The third kappa shape index (κ3) is 7.12. The Labute approximate surface area is 191 Å². The van der Waals surface area contributed by atoms with E-state index in [9.17, 15) is 9.59 Å². The van der Waals surface area contributed by atoms with Crippen LogP contribution >= 0.6 is 0 Å². The molecule has 0 saturated heterocycles. The second-order valence-corrected chi connectivity index (χ2v) is 8.54. The molecule has 174 valence electrons. The fraction of sp³-hybridized carbons (Fsp3) is 0.520. The predicted molar refractivity (Wildman–Crippen MR) is 125 cm³/mol. The Morgan fingerprint density at radius 1 is 1.03 bits per heavy atom. The SMILES string of the molecule is COCCN(CC(=O)N(Cc1ccccc1)Cc1cccn1C)C(=O)NC1CCCCC1. The van der Waals surface area contributed by atoms with Crippen molar-refractivity contribution in [2.75, 3.05) is 26.8 Å². The standard InChI is InChI=1S/C25H36N4O3/c1-27-15-9-14-23(27)19-29(18-21-10-5-3-6-11-21)24(30)20-28(16-17-32-2)25(31)26-22-12-7-4-8-13-22/h3,5-6,9-11,14-15,22H,4,7-8,12-13,16-20H2,1-2H3,(H,26,31). The van der Waals surface area contributed by atoms with E-state index in [1.54, 1.807) is 12.0 Å². The van der Waals surface area contributed by atoms with Gasteiger partial charge in [-0.3, -0.25) is 4.79 Å². The molecule has 1 N–H and O–H groups in total. The van der Waals surface area contributed by atoms with Crippen molar-refractivity contribution in [3.8, 4) is 0 Å². The number of amides is 3. The Bertz CT molecular complexity index is 846. The van der Waals surface area contributed by atoms with Gasteiger partial charge in [0.05, 0.1) is 13.2 Å². The molecule has 1 heterocycles. The first kappa shape index (κ1) is 23.9. The lowest BCUT2D eigenvalue weighted by molar-refractivity contribution is -0.133. The van der Waals surface area contributed by atoms with Gasteiger partial charge in [-0.25, -0.2) is 4.79 Å². The van der Waals surface area contributed by atoms with Gasteiger partial charge in [-0.15, -0.1) is 0 Å². The molecule has 2 aromatic rings. The van der Waals surface area contributed by atoms with Gasteiger partial charge in [0.25, 0.3) is 0 Å². The Morgan fingerprint density at radius 3 is 2.44 bits per heavy atom. The van der Waals surface area contributed by atoms with Crippen LogP contribution in [0.4, 0.5) is 4.79 Å². The normalized spacial score (nSPS) is 14.2. The zero-order valence-corrected chi connectivity index (χ0v) is 19.3. The van der Waals surface area contributed by atoms with E-state index < -0.39 is 0 Å². The maximum atomic E-state index is 13.4. The molecule has 1 aromatic heterocycles. The highest BCUT2D eigenvalue weighted by atomic mass is 16.5. The summed E-state index contributed by atoms with van der Waals surface area (Å²) in [6.07, 6.45) is 7.50. The van der Waals surface area contributed by atoms with Gasteiger partial charge in [-0.05, 0) is 30.5 Å². The van der Waals surface area contributed by atoms with E-state index in [1.165, 1.54) is 6.42 Å². The van der Waals surface area contributed by atoms with Gasteiger partial charge in [0.2, 0.25) is 5.91 Å². The molecule has 7 nitrogen and oxygen atoms in total. The number of hydrogen-bond acceptors (Lipinski definition) is 3. The molecular formula is C25H36N4O3. The summed E-state index contributed by atoms with van der Waals surface area (Å²) >= 11 is 0. The molecule has 1 aliphatic carbocycles. The fourth-order valence-corrected chi connectivity index (χ4v) is 4.12. The van der Waals surface area contributed by atoms with Crippen LogP contribution in [0.3, 0.4) is 0 Å². The van der Waals surface area contributed by atoms with Gasteiger partial charge in [-0.1, -0.05) is 49.6 Å². The first-order chi connectivity index (χ1) is 15.6. The van der Waals surface area contributed by atoms with Gasteiger partial charge < -0.3 is 24.4 Å². The number of ether oxygens (including phenoxy) is 1. The highest BCUT2D eigenvalue weighted by Crippen LogP contribution is 2.18. The molecule has 1 saturated carbocycles. The van der Waals surface area contributed by atoms with Gasteiger partial charge in [0.1, 0.15) is 6.54 Å². The van der Waals surface area contributed by atoms with E-state index in [-0.39, 0.29) is 24.5 Å². The summed E-state index contributed by atoms with van der Waals surface area (Å²) in [5.74, 6) is -0.0787. The van der Waals surface area contributed by atoms with Crippen molar-refractivity contribution in [2.45, 2.75) is 51.2 Å². The number of carbonyl (C=O) groups excluding carboxylic acids is 2. The lowest BCUT2D eigenvalue weighted by Crippen LogP contribution is -2.50. The van der Waals surface area contributed by atoms with E-state index in [2.05, 4.69) is 5.32 Å². The largest absolute Gasteiger partial charge is 0.383 e. The molecule has 32 heavy (non-hydrogen) atoms. The highest BCUT2D eigenvalue weighted by molar-refractivity contribution is 5.84. The molecule has 3 rings (SSSR count). The molecule has 0 spiro atoms. The van der Waals surface area contributed by atoms with Crippen LogP contribution in [0.25, 0.3) is 0 Å². The third-order valence-electron chi connectivity index (χ3n) is 6.08. The van der Waals surface area contributed by atoms with Crippen LogP contribution < -0.4 is 5.32 Å². The summed E-state index contributed by atoms with van der Waals surface area (Å²) in [5.41, 5.74) is 2.11. The predicted octanol–water partition coefficient (Wildman–Crippen LogP) is 3.54. The molecule has 0 atom stereocenters. The first-order valence-electron chi connectivity index (χ1n) is 11.5. The summed E-state index contributed by atoms with van der Waals surface area (Å²) < 4.78 is 7.22. The van der Waals surface area contributed by atoms with E-state index in [0.29, 0.717) is 26.2 Å². The average Bonchev–Trinajstić information content (AvgIpc) is 3.21. The van der Waals surface area contributed by atoms with E-state index in [1.807, 2.05) is 65.2 Å². The van der Waals surface area contributed by atoms with Crippen LogP contribution in [0.2, 0.25) is 0 Å². The molecule has 0 aliphatic heterocycles. The lowest BCUT2D eigenvalue weighted by Gasteiger charge is -2.30. The Hall–Kier alpha value is -2.80. The molecular weight excluding hydrogens is 404 g/mol. The maximum absolute atomic E-state index is 13.4. The summed E-state index contributed by atoms with van der Waals surface area (Å²) in [6.45, 7) is 1.78. The summed E-state index contributed by atoms with van der Waals surface area (Å²) in [5, 5.41) is 3.13. The van der Waals surface area contributed by atoms with Crippen LogP contribution in [0.5, 0.6) is 0 Å². The number of nitrogens with zero attached hydrogens (tertiary/aromatic N) is 3. The molecule has 1 fully saturated rings. The molecule has 1 aromatic carbocycles. The number of carbonyl (C=O) groups is 2.